The molecule has 1 atom stereocenters. The van der Waals surface area contributed by atoms with E-state index in [2.05, 4.69) is 77.2 Å². The molecule has 1 aromatic carbocycles. The standard InChI is InChI=1S/C19H27NS/c1-7-20-18(15-11-13(2)10-14(3)12-15)16-8-9-17(21-16)19(4,5)6/h8-12,18,20H,7H2,1-6H3. The molecule has 2 aromatic rings. The molecule has 1 nitrogen and oxygen atoms in total. The first-order valence-corrected chi connectivity index (χ1v) is 8.54. The van der Waals surface area contributed by atoms with Gasteiger partial charge in [0, 0.05) is 9.75 Å². The van der Waals surface area contributed by atoms with Crippen LogP contribution in [0.3, 0.4) is 0 Å². The van der Waals surface area contributed by atoms with Gasteiger partial charge in [-0.3, -0.25) is 0 Å². The summed E-state index contributed by atoms with van der Waals surface area (Å²) < 4.78 is 0. The summed E-state index contributed by atoms with van der Waals surface area (Å²) in [5.74, 6) is 0. The molecule has 0 saturated carbocycles. The molecule has 0 fully saturated rings. The van der Waals surface area contributed by atoms with E-state index in [1.54, 1.807) is 0 Å². The van der Waals surface area contributed by atoms with Crippen LogP contribution in [-0.4, -0.2) is 6.54 Å². The molecular formula is C19H27NS. The summed E-state index contributed by atoms with van der Waals surface area (Å²) in [6.45, 7) is 14.3. The summed E-state index contributed by atoms with van der Waals surface area (Å²) >= 11 is 1.93. The Morgan fingerprint density at radius 1 is 1.05 bits per heavy atom. The van der Waals surface area contributed by atoms with Crippen LogP contribution in [0.25, 0.3) is 0 Å². The van der Waals surface area contributed by atoms with Gasteiger partial charge in [-0.25, -0.2) is 0 Å². The minimum atomic E-state index is 0.224. The highest BCUT2D eigenvalue weighted by Crippen LogP contribution is 2.35. The minimum Gasteiger partial charge on any atom is -0.306 e. The van der Waals surface area contributed by atoms with Gasteiger partial charge in [-0.1, -0.05) is 57.0 Å². The van der Waals surface area contributed by atoms with Crippen LogP contribution in [0.15, 0.2) is 30.3 Å². The van der Waals surface area contributed by atoms with E-state index in [0.717, 1.165) is 6.54 Å². The molecule has 0 bridgehead atoms. The number of hydrogen-bond donors (Lipinski definition) is 1. The second kappa shape index (κ2) is 6.33. The van der Waals surface area contributed by atoms with E-state index in [-0.39, 0.29) is 5.41 Å². The number of benzene rings is 1. The van der Waals surface area contributed by atoms with Gasteiger partial charge >= 0.3 is 0 Å². The Labute approximate surface area is 133 Å². The average Bonchev–Trinajstić information content (AvgIpc) is 2.83. The lowest BCUT2D eigenvalue weighted by Crippen LogP contribution is -2.21. The highest BCUT2D eigenvalue weighted by atomic mass is 32.1. The molecule has 2 rings (SSSR count). The quantitative estimate of drug-likeness (QED) is 0.801. The average molecular weight is 301 g/mol. The van der Waals surface area contributed by atoms with E-state index < -0.39 is 0 Å². The van der Waals surface area contributed by atoms with Crippen molar-refractivity contribution in [2.45, 2.75) is 53.0 Å². The molecular weight excluding hydrogens is 274 g/mol. The summed E-state index contributed by atoms with van der Waals surface area (Å²) in [4.78, 5) is 2.86. The molecule has 1 heterocycles. The van der Waals surface area contributed by atoms with Crippen LogP contribution in [0, 0.1) is 13.8 Å². The number of rotatable bonds is 4. The predicted molar refractivity (Wildman–Crippen MR) is 94.5 cm³/mol. The lowest BCUT2D eigenvalue weighted by atomic mass is 9.95. The summed E-state index contributed by atoms with van der Waals surface area (Å²) in [6.07, 6.45) is 0. The fourth-order valence-electron chi connectivity index (χ4n) is 2.67. The largest absolute Gasteiger partial charge is 0.306 e. The maximum Gasteiger partial charge on any atom is 0.0671 e. The van der Waals surface area contributed by atoms with Crippen molar-refractivity contribution in [3.8, 4) is 0 Å². The molecule has 0 aliphatic rings. The van der Waals surface area contributed by atoms with E-state index in [0.29, 0.717) is 6.04 Å². The van der Waals surface area contributed by atoms with Crippen LogP contribution in [0.2, 0.25) is 0 Å². The van der Waals surface area contributed by atoms with Crippen molar-refractivity contribution in [1.82, 2.24) is 5.32 Å². The second-order valence-corrected chi connectivity index (χ2v) is 7.98. The first kappa shape index (κ1) is 16.3. The summed E-state index contributed by atoms with van der Waals surface area (Å²) in [6, 6.07) is 11.7. The van der Waals surface area contributed by atoms with Crippen molar-refractivity contribution in [3.05, 3.63) is 56.8 Å². The SMILES string of the molecule is CCNC(c1cc(C)cc(C)c1)c1ccc(C(C)(C)C)s1. The van der Waals surface area contributed by atoms with Crippen molar-refractivity contribution < 1.29 is 0 Å². The zero-order valence-electron chi connectivity index (χ0n) is 14.1. The van der Waals surface area contributed by atoms with Gasteiger partial charge < -0.3 is 5.32 Å². The highest BCUT2D eigenvalue weighted by molar-refractivity contribution is 7.12. The Balaban J connectivity index is 2.41. The topological polar surface area (TPSA) is 12.0 Å². The lowest BCUT2D eigenvalue weighted by Gasteiger charge is -2.19. The van der Waals surface area contributed by atoms with Gasteiger partial charge in [0.25, 0.3) is 0 Å². The predicted octanol–water partition coefficient (Wildman–Crippen LogP) is 5.36. The molecule has 114 valence electrons. The molecule has 2 heteroatoms. The lowest BCUT2D eigenvalue weighted by molar-refractivity contribution is 0.604. The maximum atomic E-state index is 3.64. The number of aryl methyl sites for hydroxylation is 2. The van der Waals surface area contributed by atoms with Crippen molar-refractivity contribution in [2.75, 3.05) is 6.54 Å². The van der Waals surface area contributed by atoms with E-state index >= 15 is 0 Å². The maximum absolute atomic E-state index is 3.64. The first-order valence-electron chi connectivity index (χ1n) is 7.73. The van der Waals surface area contributed by atoms with Crippen molar-refractivity contribution in [1.29, 1.82) is 0 Å². The van der Waals surface area contributed by atoms with Crippen molar-refractivity contribution in [3.63, 3.8) is 0 Å². The highest BCUT2D eigenvalue weighted by Gasteiger charge is 2.20. The second-order valence-electron chi connectivity index (χ2n) is 6.86. The number of nitrogens with one attached hydrogen (secondary N) is 1. The molecule has 1 N–H and O–H groups in total. The monoisotopic (exact) mass is 301 g/mol. The Hall–Kier alpha value is -1.12. The first-order chi connectivity index (χ1) is 9.81. The van der Waals surface area contributed by atoms with Crippen LogP contribution in [0.5, 0.6) is 0 Å². The fraction of sp³-hybridized carbons (Fsp3) is 0.474. The number of thiophene rings is 1. The van der Waals surface area contributed by atoms with Crippen molar-refractivity contribution in [2.24, 2.45) is 0 Å². The molecule has 0 aliphatic heterocycles. The molecule has 0 radical (unpaired) electrons. The Bertz CT molecular complexity index is 584. The van der Waals surface area contributed by atoms with Gasteiger partial charge in [-0.2, -0.15) is 0 Å². The van der Waals surface area contributed by atoms with Gasteiger partial charge in [0.15, 0.2) is 0 Å². The molecule has 0 spiro atoms. The Morgan fingerprint density at radius 3 is 2.14 bits per heavy atom. The fourth-order valence-corrected chi connectivity index (χ4v) is 3.84. The van der Waals surface area contributed by atoms with Gasteiger partial charge in [-0.15, -0.1) is 11.3 Å². The van der Waals surface area contributed by atoms with E-state index in [9.17, 15) is 0 Å². The third-order valence-electron chi connectivity index (χ3n) is 3.64. The number of hydrogen-bond acceptors (Lipinski definition) is 2. The zero-order chi connectivity index (χ0) is 15.6. The van der Waals surface area contributed by atoms with E-state index in [4.69, 9.17) is 0 Å². The molecule has 0 amide bonds. The third-order valence-corrected chi connectivity index (χ3v) is 5.21. The van der Waals surface area contributed by atoms with Gasteiger partial charge in [0.1, 0.15) is 0 Å². The summed E-state index contributed by atoms with van der Waals surface area (Å²) in [7, 11) is 0. The molecule has 21 heavy (non-hydrogen) atoms. The molecule has 0 aliphatic carbocycles. The van der Waals surface area contributed by atoms with Crippen molar-refractivity contribution >= 4 is 11.3 Å². The van der Waals surface area contributed by atoms with Crippen LogP contribution in [-0.2, 0) is 5.41 Å². The minimum absolute atomic E-state index is 0.224. The molecule has 1 aromatic heterocycles. The third kappa shape index (κ3) is 3.96. The summed E-state index contributed by atoms with van der Waals surface area (Å²) in [5, 5.41) is 3.64. The van der Waals surface area contributed by atoms with Crippen LogP contribution < -0.4 is 5.32 Å². The summed E-state index contributed by atoms with van der Waals surface area (Å²) in [5.41, 5.74) is 4.26. The van der Waals surface area contributed by atoms with Crippen LogP contribution in [0.1, 0.15) is 60.2 Å². The Kier molecular flexibility index (Phi) is 4.90. The van der Waals surface area contributed by atoms with Gasteiger partial charge in [0.05, 0.1) is 6.04 Å². The van der Waals surface area contributed by atoms with E-state index in [1.807, 2.05) is 11.3 Å². The molecule has 1 unspecified atom stereocenters. The molecule has 0 saturated heterocycles. The Morgan fingerprint density at radius 2 is 1.67 bits per heavy atom. The van der Waals surface area contributed by atoms with Crippen LogP contribution >= 0.6 is 11.3 Å². The smallest absolute Gasteiger partial charge is 0.0671 e. The van der Waals surface area contributed by atoms with Gasteiger partial charge in [0.2, 0.25) is 0 Å². The zero-order valence-corrected chi connectivity index (χ0v) is 14.9. The van der Waals surface area contributed by atoms with Crippen LogP contribution in [0.4, 0.5) is 0 Å². The van der Waals surface area contributed by atoms with E-state index in [1.165, 1.54) is 26.4 Å². The normalized spacial score (nSPS) is 13.4. The van der Waals surface area contributed by atoms with Gasteiger partial charge in [-0.05, 0) is 43.5 Å².